The Morgan fingerprint density at radius 1 is 0.621 bits per heavy atom. The molecule has 0 aliphatic heterocycles. The van der Waals surface area contributed by atoms with E-state index in [1.54, 1.807) is 0 Å². The molecule has 0 bridgehead atoms. The second-order valence-electron chi connectivity index (χ2n) is 8.52. The number of aliphatic hydroxyl groups is 1. The Labute approximate surface area is 204 Å². The molecule has 0 rings (SSSR count). The molecule has 0 saturated heterocycles. The van der Waals surface area contributed by atoms with Crippen LogP contribution in [-0.4, -0.2) is 29.4 Å². The van der Waals surface area contributed by atoms with Crippen LogP contribution in [0.5, 0.6) is 0 Å². The predicted octanol–water partition coefficient (Wildman–Crippen LogP) is 3.72. The minimum absolute atomic E-state index is 0. The first kappa shape index (κ1) is 32.1. The van der Waals surface area contributed by atoms with Gasteiger partial charge in [-0.05, 0) is 25.7 Å². The first-order valence-corrected chi connectivity index (χ1v) is 13.5. The first-order valence-electron chi connectivity index (χ1n) is 12.0. The molecule has 0 aromatic rings. The van der Waals surface area contributed by atoms with Crippen LogP contribution in [0, 0.1) is 0 Å². The molecule has 0 fully saturated rings. The van der Waals surface area contributed by atoms with E-state index in [1.165, 1.54) is 51.4 Å². The third-order valence-electron chi connectivity index (χ3n) is 5.72. The van der Waals surface area contributed by atoms with Gasteiger partial charge in [0.2, 0.25) is 0 Å². The normalized spacial score (nSPS) is 13.8. The Morgan fingerprint density at radius 3 is 1.41 bits per heavy atom. The van der Waals surface area contributed by atoms with E-state index in [0.717, 1.165) is 57.8 Å². The van der Waals surface area contributed by atoms with Crippen molar-refractivity contribution in [3.8, 4) is 0 Å². The Hall–Kier alpha value is 0.870. The fraction of sp³-hybridized carbons (Fsp3) is 1.00. The van der Waals surface area contributed by atoms with E-state index in [0.29, 0.717) is 12.8 Å². The summed E-state index contributed by atoms with van der Waals surface area (Å²) in [6, 6.07) is 0. The molecule has 6 heteroatoms. The van der Waals surface area contributed by atoms with Crippen molar-refractivity contribution in [2.24, 2.45) is 0 Å². The second-order valence-corrected chi connectivity index (χ2v) is 10.2. The topological polar surface area (TPSA) is 77.4 Å². The van der Waals surface area contributed by atoms with Crippen LogP contribution in [-0.2, 0) is 10.1 Å². The summed E-state index contributed by atoms with van der Waals surface area (Å²) in [5, 5.41) is 8.99. The maximum atomic E-state index is 11.5. The van der Waals surface area contributed by atoms with E-state index >= 15 is 0 Å². The molecule has 0 radical (unpaired) electrons. The molecule has 2 unspecified atom stereocenters. The van der Waals surface area contributed by atoms with Crippen LogP contribution in [0.1, 0.15) is 136 Å². The van der Waals surface area contributed by atoms with Crippen LogP contribution in [0.2, 0.25) is 0 Å². The molecule has 29 heavy (non-hydrogen) atoms. The molecule has 0 aromatic carbocycles. The van der Waals surface area contributed by atoms with Crippen LogP contribution < -0.4 is 29.6 Å². The Bertz CT molecular complexity index is 429. The van der Waals surface area contributed by atoms with Gasteiger partial charge in [-0.25, -0.2) is 8.42 Å². The summed E-state index contributed by atoms with van der Waals surface area (Å²) in [5.41, 5.74) is 0. The van der Waals surface area contributed by atoms with Crippen molar-refractivity contribution in [1.82, 2.24) is 0 Å². The molecule has 1 N–H and O–H groups in total. The summed E-state index contributed by atoms with van der Waals surface area (Å²) in [6.07, 6.45) is 19.5. The predicted molar refractivity (Wildman–Crippen MR) is 119 cm³/mol. The molecule has 2 atom stereocenters. The number of aliphatic hydroxyl groups excluding tert-OH is 1. The standard InChI is InChI=1S/C23H48O4S.Na/c1-3-5-6-7-8-9-10-11-12-13-16-20-23(28(25,26)27)21-17-14-15-19-22(24)18-4-2;/h22-24H,3-21H2,1-2H3,(H,25,26,27);/q;+1/p-1. The van der Waals surface area contributed by atoms with Gasteiger partial charge in [-0.3, -0.25) is 0 Å². The summed E-state index contributed by atoms with van der Waals surface area (Å²) in [7, 11) is -4.19. The fourth-order valence-corrected chi connectivity index (χ4v) is 4.79. The van der Waals surface area contributed by atoms with Crippen molar-refractivity contribution >= 4 is 10.1 Å². The molecule has 4 nitrogen and oxygen atoms in total. The summed E-state index contributed by atoms with van der Waals surface area (Å²) in [6.45, 7) is 4.30. The van der Waals surface area contributed by atoms with E-state index in [2.05, 4.69) is 13.8 Å². The number of rotatable bonds is 21. The molecule has 170 valence electrons. The van der Waals surface area contributed by atoms with Gasteiger partial charge in [-0.1, -0.05) is 110 Å². The Kier molecular flexibility index (Phi) is 24.4. The Morgan fingerprint density at radius 2 is 1.00 bits per heavy atom. The van der Waals surface area contributed by atoms with Gasteiger partial charge in [0.25, 0.3) is 0 Å². The molecular weight excluding hydrogens is 395 g/mol. The third-order valence-corrected chi connectivity index (χ3v) is 7.01. The van der Waals surface area contributed by atoms with Gasteiger partial charge >= 0.3 is 29.6 Å². The maximum Gasteiger partial charge on any atom is 1.00 e. The van der Waals surface area contributed by atoms with Crippen LogP contribution in [0.25, 0.3) is 0 Å². The smallest absolute Gasteiger partial charge is 0.748 e. The zero-order chi connectivity index (χ0) is 21.1. The third kappa shape index (κ3) is 21.9. The largest absolute Gasteiger partial charge is 1.00 e. The van der Waals surface area contributed by atoms with E-state index in [-0.39, 0.29) is 35.7 Å². The second kappa shape index (κ2) is 22.1. The summed E-state index contributed by atoms with van der Waals surface area (Å²) in [4.78, 5) is 0. The average molecular weight is 443 g/mol. The van der Waals surface area contributed by atoms with Gasteiger partial charge in [0, 0.05) is 5.25 Å². The summed E-state index contributed by atoms with van der Waals surface area (Å²) in [5.74, 6) is 0. The van der Waals surface area contributed by atoms with Crippen LogP contribution >= 0.6 is 0 Å². The molecule has 0 heterocycles. The number of hydrogen-bond donors (Lipinski definition) is 1. The summed E-state index contributed by atoms with van der Waals surface area (Å²) < 4.78 is 34.5. The van der Waals surface area contributed by atoms with Crippen LogP contribution in [0.3, 0.4) is 0 Å². The zero-order valence-electron chi connectivity index (χ0n) is 19.7. The van der Waals surface area contributed by atoms with Crippen molar-refractivity contribution < 1.29 is 47.6 Å². The number of unbranched alkanes of at least 4 members (excludes halogenated alkanes) is 12. The molecule has 0 aliphatic carbocycles. The SMILES string of the molecule is CCCCCCCCCCCCCC(CCCCCC(O)CCC)S(=O)(=O)[O-].[Na+]. The molecule has 0 amide bonds. The van der Waals surface area contributed by atoms with Gasteiger partial charge in [-0.2, -0.15) is 0 Å². The Balaban J connectivity index is 0. The average Bonchev–Trinajstić information content (AvgIpc) is 2.63. The van der Waals surface area contributed by atoms with E-state index in [1.807, 2.05) is 0 Å². The van der Waals surface area contributed by atoms with Crippen molar-refractivity contribution in [3.05, 3.63) is 0 Å². The number of hydrogen-bond acceptors (Lipinski definition) is 4. The summed E-state index contributed by atoms with van der Waals surface area (Å²) >= 11 is 0. The van der Waals surface area contributed by atoms with Crippen molar-refractivity contribution in [2.45, 2.75) is 147 Å². The van der Waals surface area contributed by atoms with Gasteiger partial charge in [0.15, 0.2) is 0 Å². The minimum Gasteiger partial charge on any atom is -0.748 e. The van der Waals surface area contributed by atoms with Crippen LogP contribution in [0.15, 0.2) is 0 Å². The fourth-order valence-electron chi connectivity index (χ4n) is 3.88. The van der Waals surface area contributed by atoms with Crippen molar-refractivity contribution in [3.63, 3.8) is 0 Å². The van der Waals surface area contributed by atoms with Gasteiger partial charge in [-0.15, -0.1) is 0 Å². The van der Waals surface area contributed by atoms with Crippen molar-refractivity contribution in [2.75, 3.05) is 0 Å². The minimum atomic E-state index is -4.19. The molecular formula is C23H47NaO4S. The molecule has 0 aromatic heterocycles. The van der Waals surface area contributed by atoms with E-state index in [4.69, 9.17) is 0 Å². The van der Waals surface area contributed by atoms with E-state index in [9.17, 15) is 18.1 Å². The van der Waals surface area contributed by atoms with Gasteiger partial charge in [0.05, 0.1) is 16.2 Å². The monoisotopic (exact) mass is 442 g/mol. The molecule has 0 spiro atoms. The molecule has 0 saturated carbocycles. The van der Waals surface area contributed by atoms with E-state index < -0.39 is 15.4 Å². The quantitative estimate of drug-likeness (QED) is 0.167. The zero-order valence-corrected chi connectivity index (χ0v) is 22.5. The van der Waals surface area contributed by atoms with Gasteiger partial charge < -0.3 is 9.66 Å². The van der Waals surface area contributed by atoms with Crippen molar-refractivity contribution in [1.29, 1.82) is 0 Å². The van der Waals surface area contributed by atoms with Gasteiger partial charge in [0.1, 0.15) is 0 Å². The van der Waals surface area contributed by atoms with Crippen LogP contribution in [0.4, 0.5) is 0 Å². The molecule has 0 aliphatic rings. The maximum absolute atomic E-state index is 11.5. The first-order chi connectivity index (χ1) is 13.4.